The zero-order chi connectivity index (χ0) is 14.5. The molecule has 0 saturated carbocycles. The largest absolute Gasteiger partial charge is 0.481 e. The highest BCUT2D eigenvalue weighted by atomic mass is 32.1. The molecular weight excluding hydrogens is 280 g/mol. The first-order chi connectivity index (χ1) is 9.56. The molecule has 1 aliphatic heterocycles. The van der Waals surface area contributed by atoms with E-state index in [1.165, 1.54) is 11.3 Å². The molecule has 20 heavy (non-hydrogen) atoms. The van der Waals surface area contributed by atoms with E-state index in [2.05, 4.69) is 15.5 Å². The number of aryl methyl sites for hydroxylation is 1. The summed E-state index contributed by atoms with van der Waals surface area (Å²) in [5.74, 6) is -0.823. The summed E-state index contributed by atoms with van der Waals surface area (Å²) in [6.45, 7) is 2.48. The van der Waals surface area contributed by atoms with Gasteiger partial charge in [0.1, 0.15) is 5.01 Å². The number of nitrogens with zero attached hydrogens (tertiary/aromatic N) is 3. The normalized spacial score (nSPS) is 18.9. The third-order valence-electron chi connectivity index (χ3n) is 3.32. The standard InChI is InChI=1S/C12H18N4O3S/c1-8-14-15-11(20-8)13-12(19)16-7-3-2-4-9(16)5-6-10(17)18/h9H,2-7H2,1H3,(H,17,18)(H,13,15,19). The molecule has 1 fully saturated rings. The number of anilines is 1. The molecule has 1 aliphatic rings. The fraction of sp³-hybridized carbons (Fsp3) is 0.667. The average Bonchev–Trinajstić information content (AvgIpc) is 2.82. The summed E-state index contributed by atoms with van der Waals surface area (Å²) in [7, 11) is 0. The number of piperidine rings is 1. The molecule has 8 heteroatoms. The fourth-order valence-electron chi connectivity index (χ4n) is 2.37. The second-order valence-corrected chi connectivity index (χ2v) is 6.01. The Hall–Kier alpha value is -1.70. The lowest BCUT2D eigenvalue weighted by molar-refractivity contribution is -0.137. The third-order valence-corrected chi connectivity index (χ3v) is 4.07. The quantitative estimate of drug-likeness (QED) is 0.887. The number of hydrogen-bond donors (Lipinski definition) is 2. The monoisotopic (exact) mass is 298 g/mol. The first kappa shape index (κ1) is 14.7. The second-order valence-electron chi connectivity index (χ2n) is 4.83. The van der Waals surface area contributed by atoms with E-state index < -0.39 is 5.97 Å². The van der Waals surface area contributed by atoms with E-state index in [1.807, 2.05) is 6.92 Å². The van der Waals surface area contributed by atoms with Crippen molar-refractivity contribution in [1.29, 1.82) is 0 Å². The van der Waals surface area contributed by atoms with E-state index in [-0.39, 0.29) is 18.5 Å². The van der Waals surface area contributed by atoms with Crippen molar-refractivity contribution in [2.75, 3.05) is 11.9 Å². The van der Waals surface area contributed by atoms with Crippen LogP contribution >= 0.6 is 11.3 Å². The van der Waals surface area contributed by atoms with Gasteiger partial charge in [0.25, 0.3) is 0 Å². The average molecular weight is 298 g/mol. The number of urea groups is 1. The van der Waals surface area contributed by atoms with Gasteiger partial charge in [0.15, 0.2) is 0 Å². The molecule has 1 aromatic heterocycles. The van der Waals surface area contributed by atoms with E-state index in [0.717, 1.165) is 24.3 Å². The summed E-state index contributed by atoms with van der Waals surface area (Å²) in [5.41, 5.74) is 0. The second kappa shape index (κ2) is 6.65. The number of rotatable bonds is 4. The molecule has 2 amide bonds. The molecule has 2 rings (SSSR count). The third kappa shape index (κ3) is 3.89. The van der Waals surface area contributed by atoms with Crippen LogP contribution in [0, 0.1) is 6.92 Å². The summed E-state index contributed by atoms with van der Waals surface area (Å²) in [6.07, 6.45) is 3.43. The molecule has 0 radical (unpaired) electrons. The first-order valence-electron chi connectivity index (χ1n) is 6.66. The van der Waals surface area contributed by atoms with Crippen LogP contribution < -0.4 is 5.32 Å². The lowest BCUT2D eigenvalue weighted by Gasteiger charge is -2.35. The highest BCUT2D eigenvalue weighted by molar-refractivity contribution is 7.15. The van der Waals surface area contributed by atoms with E-state index >= 15 is 0 Å². The number of nitrogens with one attached hydrogen (secondary N) is 1. The zero-order valence-electron chi connectivity index (χ0n) is 11.3. The highest BCUT2D eigenvalue weighted by Crippen LogP contribution is 2.22. The highest BCUT2D eigenvalue weighted by Gasteiger charge is 2.27. The van der Waals surface area contributed by atoms with Gasteiger partial charge in [-0.2, -0.15) is 0 Å². The molecule has 0 aliphatic carbocycles. The van der Waals surface area contributed by atoms with Crippen molar-refractivity contribution in [3.8, 4) is 0 Å². The summed E-state index contributed by atoms with van der Waals surface area (Å²) in [4.78, 5) is 24.6. The van der Waals surface area contributed by atoms with Gasteiger partial charge in [0, 0.05) is 19.0 Å². The van der Waals surface area contributed by atoms with Crippen molar-refractivity contribution < 1.29 is 14.7 Å². The number of carbonyl (C=O) groups excluding carboxylic acids is 1. The van der Waals surface area contributed by atoms with Gasteiger partial charge in [0.2, 0.25) is 5.13 Å². The summed E-state index contributed by atoms with van der Waals surface area (Å²) in [5, 5.41) is 20.5. The van der Waals surface area contributed by atoms with Gasteiger partial charge >= 0.3 is 12.0 Å². The van der Waals surface area contributed by atoms with E-state index in [9.17, 15) is 9.59 Å². The van der Waals surface area contributed by atoms with Crippen LogP contribution in [0.3, 0.4) is 0 Å². The number of aromatic nitrogens is 2. The predicted molar refractivity (Wildman–Crippen MR) is 74.9 cm³/mol. The smallest absolute Gasteiger partial charge is 0.323 e. The molecule has 0 spiro atoms. The Kier molecular flexibility index (Phi) is 4.89. The van der Waals surface area contributed by atoms with Crippen LogP contribution in [-0.4, -0.2) is 44.8 Å². The molecule has 1 aromatic rings. The van der Waals surface area contributed by atoms with Crippen LogP contribution in [-0.2, 0) is 4.79 Å². The molecule has 1 unspecified atom stereocenters. The van der Waals surface area contributed by atoms with Gasteiger partial charge in [0.05, 0.1) is 0 Å². The van der Waals surface area contributed by atoms with Crippen LogP contribution in [0.4, 0.5) is 9.93 Å². The number of hydrogen-bond acceptors (Lipinski definition) is 5. The molecule has 1 atom stereocenters. The van der Waals surface area contributed by atoms with Crippen molar-refractivity contribution in [1.82, 2.24) is 15.1 Å². The maximum Gasteiger partial charge on any atom is 0.323 e. The van der Waals surface area contributed by atoms with Gasteiger partial charge in [-0.05, 0) is 32.6 Å². The van der Waals surface area contributed by atoms with Gasteiger partial charge in [-0.3, -0.25) is 10.1 Å². The molecule has 2 heterocycles. The summed E-state index contributed by atoms with van der Waals surface area (Å²) < 4.78 is 0. The van der Waals surface area contributed by atoms with Crippen LogP contribution in [0.2, 0.25) is 0 Å². The van der Waals surface area contributed by atoms with Gasteiger partial charge in [-0.25, -0.2) is 4.79 Å². The predicted octanol–water partition coefficient (Wildman–Crippen LogP) is 2.10. The van der Waals surface area contributed by atoms with Crippen molar-refractivity contribution >= 4 is 28.5 Å². The minimum Gasteiger partial charge on any atom is -0.481 e. The molecule has 1 saturated heterocycles. The minimum absolute atomic E-state index is 0.00568. The maximum atomic E-state index is 12.2. The fourth-order valence-corrected chi connectivity index (χ4v) is 2.95. The van der Waals surface area contributed by atoms with Gasteiger partial charge < -0.3 is 10.0 Å². The Morgan fingerprint density at radius 2 is 2.25 bits per heavy atom. The van der Waals surface area contributed by atoms with Crippen LogP contribution in [0.5, 0.6) is 0 Å². The van der Waals surface area contributed by atoms with Crippen molar-refractivity contribution in [2.24, 2.45) is 0 Å². The number of likely N-dealkylation sites (tertiary alicyclic amines) is 1. The Morgan fingerprint density at radius 3 is 2.90 bits per heavy atom. The topological polar surface area (TPSA) is 95.4 Å². The number of carboxylic acid groups (broad SMARTS) is 1. The summed E-state index contributed by atoms with van der Waals surface area (Å²) in [6, 6.07) is -0.217. The Morgan fingerprint density at radius 1 is 1.45 bits per heavy atom. The maximum absolute atomic E-state index is 12.2. The van der Waals surface area contributed by atoms with Gasteiger partial charge in [-0.15, -0.1) is 10.2 Å². The van der Waals surface area contributed by atoms with Crippen LogP contribution in [0.15, 0.2) is 0 Å². The first-order valence-corrected chi connectivity index (χ1v) is 7.47. The number of aliphatic carboxylic acids is 1. The lowest BCUT2D eigenvalue weighted by Crippen LogP contribution is -2.46. The molecular formula is C12H18N4O3S. The summed E-state index contributed by atoms with van der Waals surface area (Å²) >= 11 is 1.32. The lowest BCUT2D eigenvalue weighted by atomic mass is 9.98. The van der Waals surface area contributed by atoms with Gasteiger partial charge in [-0.1, -0.05) is 11.3 Å². The minimum atomic E-state index is -0.823. The van der Waals surface area contributed by atoms with E-state index in [1.54, 1.807) is 4.90 Å². The molecule has 110 valence electrons. The van der Waals surface area contributed by atoms with E-state index in [4.69, 9.17) is 5.11 Å². The number of carboxylic acids is 1. The molecule has 0 aromatic carbocycles. The zero-order valence-corrected chi connectivity index (χ0v) is 12.2. The number of carbonyl (C=O) groups is 2. The number of amides is 2. The molecule has 7 nitrogen and oxygen atoms in total. The Balaban J connectivity index is 1.95. The van der Waals surface area contributed by atoms with Crippen LogP contribution in [0.1, 0.15) is 37.1 Å². The van der Waals surface area contributed by atoms with E-state index in [0.29, 0.717) is 18.1 Å². The molecule has 2 N–H and O–H groups in total. The SMILES string of the molecule is Cc1nnc(NC(=O)N2CCCCC2CCC(=O)O)s1. The Bertz CT molecular complexity index is 491. The van der Waals surface area contributed by atoms with Crippen molar-refractivity contribution in [3.63, 3.8) is 0 Å². The molecule has 0 bridgehead atoms. The van der Waals surface area contributed by atoms with Crippen LogP contribution in [0.25, 0.3) is 0 Å². The Labute approximate surface area is 121 Å². The van der Waals surface area contributed by atoms with Crippen molar-refractivity contribution in [3.05, 3.63) is 5.01 Å². The van der Waals surface area contributed by atoms with Crippen molar-refractivity contribution in [2.45, 2.75) is 45.1 Å².